The number of hydrogen-bond donors (Lipinski definition) is 0. The van der Waals surface area contributed by atoms with Gasteiger partial charge < -0.3 is 13.9 Å². The Kier molecular flexibility index (Phi) is 7.41. The van der Waals surface area contributed by atoms with Crippen molar-refractivity contribution in [3.05, 3.63) is 88.1 Å². The van der Waals surface area contributed by atoms with Crippen LogP contribution < -0.4 is 10.2 Å². The minimum absolute atomic E-state index is 0.0675. The van der Waals surface area contributed by atoms with Crippen molar-refractivity contribution < 1.29 is 22.3 Å². The summed E-state index contributed by atoms with van der Waals surface area (Å²) in [6.45, 7) is 0.0675. The molecule has 1 heterocycles. The zero-order chi connectivity index (χ0) is 24.2. The summed E-state index contributed by atoms with van der Waals surface area (Å²) in [7, 11) is -0.666. The third kappa shape index (κ3) is 5.19. The van der Waals surface area contributed by atoms with E-state index in [2.05, 4.69) is 0 Å². The molecular formula is C26H24O6S2. The van der Waals surface area contributed by atoms with Crippen molar-refractivity contribution in [3.8, 4) is 17.1 Å². The van der Waals surface area contributed by atoms with E-state index in [0.29, 0.717) is 44.9 Å². The highest BCUT2D eigenvalue weighted by Gasteiger charge is 2.18. The first kappa shape index (κ1) is 24.1. The third-order valence-electron chi connectivity index (χ3n) is 5.38. The van der Waals surface area contributed by atoms with E-state index in [1.807, 2.05) is 24.3 Å². The van der Waals surface area contributed by atoms with Gasteiger partial charge in [-0.1, -0.05) is 24.3 Å². The van der Waals surface area contributed by atoms with Crippen LogP contribution in [-0.2, 0) is 32.8 Å². The van der Waals surface area contributed by atoms with Crippen LogP contribution in [0.15, 0.2) is 85.7 Å². The maximum absolute atomic E-state index is 13.7. The Hall–Kier alpha value is -3.07. The average Bonchev–Trinajstić information content (AvgIpc) is 2.84. The van der Waals surface area contributed by atoms with E-state index in [4.69, 9.17) is 13.9 Å². The second kappa shape index (κ2) is 10.5. The minimum Gasteiger partial charge on any atom is -0.468 e. The summed E-state index contributed by atoms with van der Waals surface area (Å²) in [5, 5.41) is 0.407. The third-order valence-corrected chi connectivity index (χ3v) is 7.26. The fourth-order valence-corrected chi connectivity index (χ4v) is 4.66. The van der Waals surface area contributed by atoms with Crippen molar-refractivity contribution in [2.75, 3.05) is 26.4 Å². The minimum atomic E-state index is -1.11. The van der Waals surface area contributed by atoms with Gasteiger partial charge in [0.15, 0.2) is 12.2 Å². The van der Waals surface area contributed by atoms with Gasteiger partial charge >= 0.3 is 0 Å². The van der Waals surface area contributed by atoms with E-state index >= 15 is 0 Å². The molecule has 0 spiro atoms. The lowest BCUT2D eigenvalue weighted by molar-refractivity contribution is 0.0512. The van der Waals surface area contributed by atoms with E-state index in [-0.39, 0.29) is 12.2 Å². The number of methoxy groups -OCH3 is 1. The topological polar surface area (TPSA) is 82.8 Å². The maximum atomic E-state index is 13.7. The van der Waals surface area contributed by atoms with E-state index in [9.17, 15) is 13.2 Å². The van der Waals surface area contributed by atoms with E-state index < -0.39 is 21.6 Å². The van der Waals surface area contributed by atoms with Crippen LogP contribution in [0.2, 0.25) is 0 Å². The molecule has 0 saturated heterocycles. The Morgan fingerprint density at radius 3 is 2.06 bits per heavy atom. The van der Waals surface area contributed by atoms with Gasteiger partial charge in [-0.3, -0.25) is 13.2 Å². The molecule has 0 bridgehead atoms. The Balaban J connectivity index is 1.86. The second-order valence-corrected chi connectivity index (χ2v) is 10.5. The zero-order valence-electron chi connectivity index (χ0n) is 19.0. The number of ether oxygens (including phenoxy) is 2. The molecule has 0 aliphatic rings. The molecule has 0 amide bonds. The van der Waals surface area contributed by atoms with Crippen LogP contribution in [0.25, 0.3) is 22.3 Å². The first-order valence-corrected chi connectivity index (χ1v) is 13.6. The van der Waals surface area contributed by atoms with Crippen molar-refractivity contribution in [2.45, 2.75) is 16.2 Å². The van der Waals surface area contributed by atoms with Crippen molar-refractivity contribution in [1.82, 2.24) is 0 Å². The predicted molar refractivity (Wildman–Crippen MR) is 134 cm³/mol. The largest absolute Gasteiger partial charge is 0.468 e. The highest BCUT2D eigenvalue weighted by Crippen LogP contribution is 2.30. The summed E-state index contributed by atoms with van der Waals surface area (Å²) in [6.07, 6.45) is 3.57. The highest BCUT2D eigenvalue weighted by molar-refractivity contribution is 7.84. The lowest BCUT2D eigenvalue weighted by Crippen LogP contribution is -2.12. The molecule has 0 radical (unpaired) electrons. The molecule has 0 saturated carbocycles. The van der Waals surface area contributed by atoms with Gasteiger partial charge in [-0.15, -0.1) is 0 Å². The molecule has 2 atom stereocenters. The monoisotopic (exact) mass is 496 g/mol. The smallest absolute Gasteiger partial charge is 0.196 e. The summed E-state index contributed by atoms with van der Waals surface area (Å²) < 4.78 is 40.2. The van der Waals surface area contributed by atoms with Crippen LogP contribution in [0.5, 0.6) is 5.75 Å². The Bertz CT molecular complexity index is 1420. The second-order valence-electron chi connectivity index (χ2n) is 7.70. The van der Waals surface area contributed by atoms with Gasteiger partial charge in [0.25, 0.3) is 0 Å². The van der Waals surface area contributed by atoms with Crippen LogP contribution in [-0.4, -0.2) is 34.8 Å². The Labute approximate surface area is 202 Å². The van der Waals surface area contributed by atoms with Gasteiger partial charge in [0.2, 0.25) is 0 Å². The molecule has 0 N–H and O–H groups in total. The highest BCUT2D eigenvalue weighted by atomic mass is 32.2. The molecule has 0 fully saturated rings. The van der Waals surface area contributed by atoms with Gasteiger partial charge in [-0.25, -0.2) is 0 Å². The Morgan fingerprint density at radius 2 is 1.47 bits per heavy atom. The molecule has 2 unspecified atom stereocenters. The lowest BCUT2D eigenvalue weighted by atomic mass is 9.98. The molecular weight excluding hydrogens is 472 g/mol. The van der Waals surface area contributed by atoms with Gasteiger partial charge in [-0.05, 0) is 48.0 Å². The molecule has 3 aromatic carbocycles. The average molecular weight is 497 g/mol. The molecule has 4 rings (SSSR count). The van der Waals surface area contributed by atoms with Gasteiger partial charge in [0.1, 0.15) is 17.1 Å². The number of fused-ring (bicyclic) bond motifs is 1. The van der Waals surface area contributed by atoms with E-state index in [1.54, 1.807) is 55.0 Å². The van der Waals surface area contributed by atoms with Crippen LogP contribution in [0.3, 0.4) is 0 Å². The quantitative estimate of drug-likeness (QED) is 0.334. The van der Waals surface area contributed by atoms with Crippen LogP contribution >= 0.6 is 0 Å². The summed E-state index contributed by atoms with van der Waals surface area (Å²) >= 11 is 0. The number of rotatable bonds is 8. The van der Waals surface area contributed by atoms with Crippen molar-refractivity contribution in [1.29, 1.82) is 0 Å². The first-order chi connectivity index (χ1) is 16.4. The van der Waals surface area contributed by atoms with Crippen molar-refractivity contribution in [3.63, 3.8) is 0 Å². The number of benzene rings is 3. The fourth-order valence-electron chi connectivity index (χ4n) is 3.62. The summed E-state index contributed by atoms with van der Waals surface area (Å²) in [5.74, 6) is 0.963. The van der Waals surface area contributed by atoms with Gasteiger partial charge in [-0.2, -0.15) is 0 Å². The fraction of sp³-hybridized carbons (Fsp3) is 0.192. The van der Waals surface area contributed by atoms with E-state index in [0.717, 1.165) is 10.5 Å². The standard InChI is InChI=1S/C26H24O6S2/c1-30-16-31-19-8-13-24-22(15-19)25(27)23(14-17-4-9-20(10-5-17)33(2)28)26(32-24)18-6-11-21(12-7-18)34(3)29/h4-13,15H,14,16H2,1-3H3. The molecule has 34 heavy (non-hydrogen) atoms. The van der Waals surface area contributed by atoms with Crippen LogP contribution in [0.1, 0.15) is 11.1 Å². The van der Waals surface area contributed by atoms with Gasteiger partial charge in [0, 0.05) is 68.6 Å². The normalized spacial score (nSPS) is 13.0. The molecule has 4 aromatic rings. The molecule has 8 heteroatoms. The van der Waals surface area contributed by atoms with Crippen LogP contribution in [0, 0.1) is 0 Å². The predicted octanol–water partition coefficient (Wildman–Crippen LogP) is 4.51. The zero-order valence-corrected chi connectivity index (χ0v) is 20.7. The van der Waals surface area contributed by atoms with Gasteiger partial charge in [0.05, 0.1) is 5.39 Å². The van der Waals surface area contributed by atoms with Crippen LogP contribution in [0.4, 0.5) is 0 Å². The summed E-state index contributed by atoms with van der Waals surface area (Å²) in [4.78, 5) is 15.1. The van der Waals surface area contributed by atoms with E-state index in [1.165, 1.54) is 7.11 Å². The SMILES string of the molecule is COCOc1ccc2oc(-c3ccc(S(C)=O)cc3)c(Cc3ccc(S(C)=O)cc3)c(=O)c2c1. The molecule has 0 aliphatic heterocycles. The molecule has 176 valence electrons. The molecule has 6 nitrogen and oxygen atoms in total. The Morgan fingerprint density at radius 1 is 0.853 bits per heavy atom. The number of hydrogen-bond acceptors (Lipinski definition) is 6. The molecule has 0 aliphatic carbocycles. The first-order valence-electron chi connectivity index (χ1n) is 10.4. The summed E-state index contributed by atoms with van der Waals surface area (Å²) in [6, 6.07) is 19.6. The molecule has 1 aromatic heterocycles. The lowest BCUT2D eigenvalue weighted by Gasteiger charge is -2.12. The van der Waals surface area contributed by atoms with Crippen molar-refractivity contribution in [2.24, 2.45) is 0 Å². The van der Waals surface area contributed by atoms with Crippen molar-refractivity contribution >= 4 is 32.6 Å². The summed E-state index contributed by atoms with van der Waals surface area (Å²) in [5.41, 5.74) is 2.38. The maximum Gasteiger partial charge on any atom is 0.196 e.